The third-order valence-corrected chi connectivity index (χ3v) is 4.95. The van der Waals surface area contributed by atoms with E-state index in [0.29, 0.717) is 41.1 Å². The molecular formula is C19H18F3N3O. The molecule has 1 aromatic heterocycles. The lowest BCUT2D eigenvalue weighted by atomic mass is 9.78. The van der Waals surface area contributed by atoms with Gasteiger partial charge in [-0.15, -0.1) is 0 Å². The molecule has 0 unspecified atom stereocenters. The van der Waals surface area contributed by atoms with Crippen molar-refractivity contribution in [1.29, 1.82) is 5.26 Å². The molecule has 0 saturated heterocycles. The Labute approximate surface area is 148 Å². The quantitative estimate of drug-likeness (QED) is 0.859. The van der Waals surface area contributed by atoms with E-state index >= 15 is 0 Å². The number of rotatable bonds is 2. The lowest BCUT2D eigenvalue weighted by Crippen LogP contribution is -2.28. The van der Waals surface area contributed by atoms with Gasteiger partial charge in [0, 0.05) is 5.92 Å². The Balaban J connectivity index is 1.97. The minimum absolute atomic E-state index is 0.0501. The van der Waals surface area contributed by atoms with Crippen molar-refractivity contribution < 1.29 is 13.2 Å². The Morgan fingerprint density at radius 1 is 1.15 bits per heavy atom. The number of nitrogens with zero attached hydrogens (tertiary/aromatic N) is 2. The van der Waals surface area contributed by atoms with Crippen molar-refractivity contribution in [3.8, 4) is 17.2 Å². The van der Waals surface area contributed by atoms with Crippen LogP contribution in [-0.2, 0) is 0 Å². The Morgan fingerprint density at radius 3 is 2.31 bits per heavy atom. The Bertz CT molecular complexity index is 886. The first kappa shape index (κ1) is 18.2. The predicted octanol–water partition coefficient (Wildman–Crippen LogP) is 4.45. The maximum absolute atomic E-state index is 12.9. The van der Waals surface area contributed by atoms with Crippen LogP contribution in [0.15, 0.2) is 29.1 Å². The van der Waals surface area contributed by atoms with Gasteiger partial charge in [-0.2, -0.15) is 18.4 Å². The number of aromatic amines is 1. The van der Waals surface area contributed by atoms with Crippen LogP contribution in [0.25, 0.3) is 11.1 Å². The largest absolute Gasteiger partial charge is 0.391 e. The van der Waals surface area contributed by atoms with Crippen LogP contribution >= 0.6 is 0 Å². The van der Waals surface area contributed by atoms with Gasteiger partial charge in [-0.3, -0.25) is 4.79 Å². The van der Waals surface area contributed by atoms with Crippen LogP contribution in [0.5, 0.6) is 0 Å². The standard InChI is InChI=1S/C19H18F3N3O/c1-11-24-17(14-6-8-15(9-7-14)19(20,21)22)16(18(26)25-11)13-4-2-12(10-23)3-5-13/h2-5,14-15H,6-9H2,1H3,(H,24,25,26)/t14-,15+. The van der Waals surface area contributed by atoms with E-state index in [0.717, 1.165) is 0 Å². The molecule has 26 heavy (non-hydrogen) atoms. The highest BCUT2D eigenvalue weighted by Gasteiger charge is 2.42. The second kappa shape index (κ2) is 6.94. The molecule has 1 aliphatic carbocycles. The predicted molar refractivity (Wildman–Crippen MR) is 90.5 cm³/mol. The molecule has 0 radical (unpaired) electrons. The van der Waals surface area contributed by atoms with Gasteiger partial charge in [0.05, 0.1) is 28.8 Å². The van der Waals surface area contributed by atoms with Gasteiger partial charge in [0.25, 0.3) is 5.56 Å². The fraction of sp³-hybridized carbons (Fsp3) is 0.421. The van der Waals surface area contributed by atoms with Crippen molar-refractivity contribution in [3.63, 3.8) is 0 Å². The summed E-state index contributed by atoms with van der Waals surface area (Å²) in [5.41, 5.74) is 1.71. The van der Waals surface area contributed by atoms with Crippen molar-refractivity contribution in [2.45, 2.75) is 44.7 Å². The summed E-state index contributed by atoms with van der Waals surface area (Å²) in [5, 5.41) is 8.92. The van der Waals surface area contributed by atoms with Crippen LogP contribution in [0.3, 0.4) is 0 Å². The van der Waals surface area contributed by atoms with E-state index in [1.54, 1.807) is 31.2 Å². The SMILES string of the molecule is Cc1nc([C@H]2CC[C@@H](C(F)(F)F)CC2)c(-c2ccc(C#N)cc2)c(=O)[nH]1. The lowest BCUT2D eigenvalue weighted by Gasteiger charge is -2.30. The van der Waals surface area contributed by atoms with Crippen molar-refractivity contribution in [2.75, 3.05) is 0 Å². The average Bonchev–Trinajstić information content (AvgIpc) is 2.61. The van der Waals surface area contributed by atoms with E-state index in [4.69, 9.17) is 5.26 Å². The van der Waals surface area contributed by atoms with Crippen molar-refractivity contribution in [1.82, 2.24) is 9.97 Å². The highest BCUT2D eigenvalue weighted by molar-refractivity contribution is 5.66. The van der Waals surface area contributed by atoms with E-state index in [2.05, 4.69) is 9.97 Å². The number of H-pyrrole nitrogens is 1. The number of aryl methyl sites for hydroxylation is 1. The molecule has 136 valence electrons. The van der Waals surface area contributed by atoms with Gasteiger partial charge >= 0.3 is 6.18 Å². The van der Waals surface area contributed by atoms with Crippen LogP contribution in [0, 0.1) is 24.2 Å². The highest BCUT2D eigenvalue weighted by atomic mass is 19.4. The third-order valence-electron chi connectivity index (χ3n) is 4.95. The van der Waals surface area contributed by atoms with Crippen LogP contribution in [0.4, 0.5) is 13.2 Å². The minimum Gasteiger partial charge on any atom is -0.310 e. The zero-order chi connectivity index (χ0) is 18.9. The number of halogens is 3. The number of nitrogens with one attached hydrogen (secondary N) is 1. The maximum atomic E-state index is 12.9. The molecule has 2 aromatic rings. The summed E-state index contributed by atoms with van der Waals surface area (Å²) in [6.07, 6.45) is -3.37. The molecular weight excluding hydrogens is 343 g/mol. The fourth-order valence-corrected chi connectivity index (χ4v) is 3.59. The summed E-state index contributed by atoms with van der Waals surface area (Å²) in [7, 11) is 0. The minimum atomic E-state index is -4.17. The Kier molecular flexibility index (Phi) is 4.86. The first-order valence-corrected chi connectivity index (χ1v) is 8.47. The molecule has 7 heteroatoms. The number of aromatic nitrogens is 2. The number of hydrogen-bond acceptors (Lipinski definition) is 3. The smallest absolute Gasteiger partial charge is 0.310 e. The molecule has 1 saturated carbocycles. The van der Waals surface area contributed by atoms with Crippen molar-refractivity contribution in [2.24, 2.45) is 5.92 Å². The van der Waals surface area contributed by atoms with E-state index in [1.807, 2.05) is 6.07 Å². The molecule has 0 aliphatic heterocycles. The summed E-state index contributed by atoms with van der Waals surface area (Å²) in [6, 6.07) is 8.58. The Morgan fingerprint density at radius 2 is 1.77 bits per heavy atom. The van der Waals surface area contributed by atoms with Gasteiger partial charge in [0.2, 0.25) is 0 Å². The third kappa shape index (κ3) is 3.64. The summed E-state index contributed by atoms with van der Waals surface area (Å²) in [4.78, 5) is 19.7. The fourth-order valence-electron chi connectivity index (χ4n) is 3.59. The molecule has 3 rings (SSSR count). The summed E-state index contributed by atoms with van der Waals surface area (Å²) in [5.74, 6) is -1.01. The highest BCUT2D eigenvalue weighted by Crippen LogP contribution is 2.43. The van der Waals surface area contributed by atoms with E-state index in [-0.39, 0.29) is 24.3 Å². The van der Waals surface area contributed by atoms with E-state index < -0.39 is 12.1 Å². The lowest BCUT2D eigenvalue weighted by molar-refractivity contribution is -0.182. The topological polar surface area (TPSA) is 69.5 Å². The van der Waals surface area contributed by atoms with Gasteiger partial charge in [-0.1, -0.05) is 12.1 Å². The summed E-state index contributed by atoms with van der Waals surface area (Å²) >= 11 is 0. The molecule has 1 fully saturated rings. The summed E-state index contributed by atoms with van der Waals surface area (Å²) < 4.78 is 38.8. The normalized spacial score (nSPS) is 20.6. The molecule has 4 nitrogen and oxygen atoms in total. The molecule has 1 N–H and O–H groups in total. The zero-order valence-corrected chi connectivity index (χ0v) is 14.2. The van der Waals surface area contributed by atoms with Gasteiger partial charge < -0.3 is 4.98 Å². The second-order valence-electron chi connectivity index (χ2n) is 6.69. The van der Waals surface area contributed by atoms with E-state index in [1.165, 1.54) is 0 Å². The number of hydrogen-bond donors (Lipinski definition) is 1. The van der Waals surface area contributed by atoms with Crippen LogP contribution in [0.1, 0.15) is 48.7 Å². The van der Waals surface area contributed by atoms with Crippen molar-refractivity contribution in [3.05, 3.63) is 51.7 Å². The molecule has 0 spiro atoms. The van der Waals surface area contributed by atoms with Crippen molar-refractivity contribution >= 4 is 0 Å². The number of alkyl halides is 3. The number of nitriles is 1. The molecule has 0 amide bonds. The molecule has 1 aromatic carbocycles. The molecule has 0 bridgehead atoms. The van der Waals surface area contributed by atoms with Crippen LogP contribution in [0.2, 0.25) is 0 Å². The maximum Gasteiger partial charge on any atom is 0.391 e. The van der Waals surface area contributed by atoms with Gasteiger partial charge in [-0.25, -0.2) is 4.98 Å². The average molecular weight is 361 g/mol. The van der Waals surface area contributed by atoms with Crippen LogP contribution in [-0.4, -0.2) is 16.1 Å². The molecule has 1 heterocycles. The first-order chi connectivity index (χ1) is 12.3. The van der Waals surface area contributed by atoms with Crippen LogP contribution < -0.4 is 5.56 Å². The van der Waals surface area contributed by atoms with Gasteiger partial charge in [-0.05, 0) is 50.3 Å². The Hall–Kier alpha value is -2.62. The summed E-state index contributed by atoms with van der Waals surface area (Å²) in [6.45, 7) is 1.66. The van der Waals surface area contributed by atoms with Gasteiger partial charge in [0.1, 0.15) is 5.82 Å². The monoisotopic (exact) mass is 361 g/mol. The van der Waals surface area contributed by atoms with E-state index in [9.17, 15) is 18.0 Å². The second-order valence-corrected chi connectivity index (χ2v) is 6.69. The molecule has 1 aliphatic rings. The zero-order valence-electron chi connectivity index (χ0n) is 14.2. The van der Waals surface area contributed by atoms with Gasteiger partial charge in [0.15, 0.2) is 0 Å². The molecule has 0 atom stereocenters. The number of benzene rings is 1. The first-order valence-electron chi connectivity index (χ1n) is 8.47.